The van der Waals surface area contributed by atoms with Gasteiger partial charge >= 0.3 is 5.97 Å². The molecule has 0 N–H and O–H groups in total. The second kappa shape index (κ2) is 2.86. The summed E-state index contributed by atoms with van der Waals surface area (Å²) in [7, 11) is 0. The summed E-state index contributed by atoms with van der Waals surface area (Å²) in [5.74, 6) is -0.515. The van der Waals surface area contributed by atoms with Crippen molar-refractivity contribution in [3.63, 3.8) is 0 Å². The summed E-state index contributed by atoms with van der Waals surface area (Å²) in [5.41, 5.74) is 0. The number of carbonyl (C=O) groups is 1. The van der Waals surface area contributed by atoms with Crippen molar-refractivity contribution in [2.75, 3.05) is 0 Å². The van der Waals surface area contributed by atoms with Gasteiger partial charge in [0.05, 0.1) is 5.92 Å². The molecule has 3 heteroatoms. The van der Waals surface area contributed by atoms with Crippen LogP contribution >= 0.6 is 11.9 Å². The average Bonchev–Trinajstić information content (AvgIpc) is 1.65. The second-order valence-corrected chi connectivity index (χ2v) is 1.71. The average molecular weight is 123 g/mol. The molecule has 0 atom stereocenters. The minimum absolute atomic E-state index is 0.127. The lowest BCUT2D eigenvalue weighted by Crippen LogP contribution is -2.04. The Morgan fingerprint density at radius 3 is 2.14 bits per heavy atom. The fourth-order valence-electron chi connectivity index (χ4n) is 0.0891. The summed E-state index contributed by atoms with van der Waals surface area (Å²) in [6, 6.07) is 0. The van der Waals surface area contributed by atoms with Gasteiger partial charge < -0.3 is 4.29 Å². The van der Waals surface area contributed by atoms with Crippen LogP contribution in [0.4, 0.5) is 0 Å². The Labute approximate surface area is 47.6 Å². The Balaban J connectivity index is 3.35. The van der Waals surface area contributed by atoms with E-state index in [-0.39, 0.29) is 11.9 Å². The van der Waals surface area contributed by atoms with Crippen LogP contribution in [-0.2, 0) is 9.08 Å². The second-order valence-electron chi connectivity index (χ2n) is 1.55. The molecule has 0 saturated heterocycles. The maximum absolute atomic E-state index is 10.2. The van der Waals surface area contributed by atoms with Gasteiger partial charge in [-0.3, -0.25) is 4.79 Å². The zero-order valence-electron chi connectivity index (χ0n) is 4.27. The monoisotopic (exact) mass is 122 g/mol. The lowest BCUT2D eigenvalue weighted by molar-refractivity contribution is -0.137. The quantitative estimate of drug-likeness (QED) is 0.525. The molecule has 0 amide bonds. The van der Waals surface area contributed by atoms with Crippen LogP contribution in [0.15, 0.2) is 0 Å². The third kappa shape index (κ3) is 2.45. The molecular formula is C4H7ClO2. The topological polar surface area (TPSA) is 26.3 Å². The number of hydrogen-bond acceptors (Lipinski definition) is 2. The van der Waals surface area contributed by atoms with Crippen LogP contribution in [0.3, 0.4) is 0 Å². The molecule has 0 unspecified atom stereocenters. The summed E-state index contributed by atoms with van der Waals surface area (Å²) in [4.78, 5) is 10.2. The summed E-state index contributed by atoms with van der Waals surface area (Å²) >= 11 is 4.70. The maximum Gasteiger partial charge on any atom is 0.327 e. The van der Waals surface area contributed by atoms with Gasteiger partial charge in [-0.05, 0) is 0 Å². The van der Waals surface area contributed by atoms with Crippen LogP contribution in [0, 0.1) is 5.92 Å². The van der Waals surface area contributed by atoms with E-state index >= 15 is 0 Å². The summed E-state index contributed by atoms with van der Waals surface area (Å²) in [6.07, 6.45) is 0. The van der Waals surface area contributed by atoms with E-state index in [2.05, 4.69) is 4.29 Å². The van der Waals surface area contributed by atoms with E-state index in [1.165, 1.54) is 0 Å². The highest BCUT2D eigenvalue weighted by Crippen LogP contribution is 1.96. The molecule has 0 fully saturated rings. The van der Waals surface area contributed by atoms with Gasteiger partial charge in [0.1, 0.15) is 11.9 Å². The minimum atomic E-state index is -0.387. The van der Waals surface area contributed by atoms with Gasteiger partial charge in [0.2, 0.25) is 0 Å². The molecule has 0 aliphatic carbocycles. The van der Waals surface area contributed by atoms with E-state index in [1.54, 1.807) is 13.8 Å². The maximum atomic E-state index is 10.2. The van der Waals surface area contributed by atoms with E-state index in [0.717, 1.165) is 0 Å². The Morgan fingerprint density at radius 2 is 2.14 bits per heavy atom. The summed E-state index contributed by atoms with van der Waals surface area (Å²) < 4.78 is 3.84. The molecular weight excluding hydrogens is 115 g/mol. The molecule has 0 rings (SSSR count). The Kier molecular flexibility index (Phi) is 2.76. The SMILES string of the molecule is CC(C)C(=O)OCl. The Bertz CT molecular complexity index is 70.1. The van der Waals surface area contributed by atoms with E-state index in [1.807, 2.05) is 0 Å². The first-order valence-corrected chi connectivity index (χ1v) is 2.31. The van der Waals surface area contributed by atoms with Gasteiger partial charge in [-0.25, -0.2) is 0 Å². The van der Waals surface area contributed by atoms with E-state index < -0.39 is 0 Å². The van der Waals surface area contributed by atoms with Crippen LogP contribution < -0.4 is 0 Å². The molecule has 0 aromatic carbocycles. The molecule has 0 aliphatic heterocycles. The predicted molar refractivity (Wildman–Crippen MR) is 26.8 cm³/mol. The van der Waals surface area contributed by atoms with E-state index in [4.69, 9.17) is 11.9 Å². The normalized spacial score (nSPS) is 9.14. The first-order valence-electron chi connectivity index (χ1n) is 2.01. The van der Waals surface area contributed by atoms with Gasteiger partial charge in [-0.15, -0.1) is 0 Å². The third-order valence-corrected chi connectivity index (χ3v) is 0.700. The number of rotatable bonds is 1. The fraction of sp³-hybridized carbons (Fsp3) is 0.750. The van der Waals surface area contributed by atoms with Crippen molar-refractivity contribution in [2.24, 2.45) is 5.92 Å². The number of hydrogen-bond donors (Lipinski definition) is 0. The van der Waals surface area contributed by atoms with Gasteiger partial charge in [0.15, 0.2) is 0 Å². The van der Waals surface area contributed by atoms with Crippen LogP contribution in [0.25, 0.3) is 0 Å². The molecule has 0 aromatic rings. The van der Waals surface area contributed by atoms with Crippen LogP contribution in [0.1, 0.15) is 13.8 Å². The molecule has 2 nitrogen and oxygen atoms in total. The van der Waals surface area contributed by atoms with Crippen molar-refractivity contribution in [3.8, 4) is 0 Å². The molecule has 0 radical (unpaired) electrons. The summed E-state index contributed by atoms with van der Waals surface area (Å²) in [5, 5.41) is 0. The zero-order valence-corrected chi connectivity index (χ0v) is 5.03. The molecule has 0 bridgehead atoms. The molecule has 42 valence electrons. The third-order valence-electron chi connectivity index (χ3n) is 0.547. The number of carbonyl (C=O) groups excluding carboxylic acids is 1. The molecule has 0 saturated carbocycles. The van der Waals surface area contributed by atoms with E-state index in [9.17, 15) is 4.79 Å². The van der Waals surface area contributed by atoms with Crippen molar-refractivity contribution < 1.29 is 9.08 Å². The highest BCUT2D eigenvalue weighted by molar-refractivity contribution is 6.13. The summed E-state index contributed by atoms with van der Waals surface area (Å²) in [6.45, 7) is 3.43. The van der Waals surface area contributed by atoms with Crippen molar-refractivity contribution >= 4 is 17.8 Å². The van der Waals surface area contributed by atoms with Gasteiger partial charge in [-0.2, -0.15) is 0 Å². The highest BCUT2D eigenvalue weighted by Gasteiger charge is 2.05. The Hall–Kier alpha value is -0.240. The van der Waals surface area contributed by atoms with Crippen molar-refractivity contribution in [1.82, 2.24) is 0 Å². The van der Waals surface area contributed by atoms with Gasteiger partial charge in [0.25, 0.3) is 0 Å². The van der Waals surface area contributed by atoms with Crippen LogP contribution in [0.2, 0.25) is 0 Å². The van der Waals surface area contributed by atoms with Crippen LogP contribution in [0.5, 0.6) is 0 Å². The van der Waals surface area contributed by atoms with Crippen LogP contribution in [-0.4, -0.2) is 5.97 Å². The first-order chi connectivity index (χ1) is 3.18. The molecule has 7 heavy (non-hydrogen) atoms. The van der Waals surface area contributed by atoms with Crippen molar-refractivity contribution in [3.05, 3.63) is 0 Å². The fourth-order valence-corrected chi connectivity index (χ4v) is 0.267. The predicted octanol–water partition coefficient (Wildman–Crippen LogP) is 1.34. The Morgan fingerprint density at radius 1 is 1.71 bits per heavy atom. The van der Waals surface area contributed by atoms with Gasteiger partial charge in [-0.1, -0.05) is 13.8 Å². The lowest BCUT2D eigenvalue weighted by Gasteiger charge is -1.94. The highest BCUT2D eigenvalue weighted by atomic mass is 35.5. The molecule has 0 aromatic heterocycles. The standard InChI is InChI=1S/C4H7ClO2/c1-3(2)4(6)7-5/h3H,1-2H3. The smallest absolute Gasteiger partial charge is 0.327 e. The minimum Gasteiger partial charge on any atom is -0.347 e. The first kappa shape index (κ1) is 6.76. The van der Waals surface area contributed by atoms with E-state index in [0.29, 0.717) is 0 Å². The molecule has 0 aliphatic rings. The molecule has 0 heterocycles. The van der Waals surface area contributed by atoms with Gasteiger partial charge in [0, 0.05) is 0 Å². The largest absolute Gasteiger partial charge is 0.347 e. The lowest BCUT2D eigenvalue weighted by atomic mass is 10.2. The zero-order chi connectivity index (χ0) is 5.86. The number of halogens is 1. The van der Waals surface area contributed by atoms with Crippen molar-refractivity contribution in [2.45, 2.75) is 13.8 Å². The molecule has 0 spiro atoms. The van der Waals surface area contributed by atoms with Crippen molar-refractivity contribution in [1.29, 1.82) is 0 Å².